The maximum absolute atomic E-state index is 12.3. The van der Waals surface area contributed by atoms with E-state index in [1.807, 2.05) is 54.1 Å². The number of amides is 1. The van der Waals surface area contributed by atoms with Crippen LogP contribution >= 0.6 is 12.4 Å². The first kappa shape index (κ1) is 17.5. The van der Waals surface area contributed by atoms with Crippen LogP contribution in [-0.4, -0.2) is 41.3 Å². The zero-order valence-corrected chi connectivity index (χ0v) is 13.8. The van der Waals surface area contributed by atoms with Gasteiger partial charge in [0.1, 0.15) is 5.69 Å². The molecule has 1 saturated heterocycles. The van der Waals surface area contributed by atoms with Crippen molar-refractivity contribution in [1.29, 1.82) is 0 Å². The molecule has 23 heavy (non-hydrogen) atoms. The summed E-state index contributed by atoms with van der Waals surface area (Å²) in [6.45, 7) is 1.82. The lowest BCUT2D eigenvalue weighted by molar-refractivity contribution is 0.0919. The predicted octanol–water partition coefficient (Wildman–Crippen LogP) is 1.42. The highest BCUT2D eigenvalue weighted by Gasteiger charge is 2.25. The molecule has 0 radical (unpaired) electrons. The molecule has 2 unspecified atom stereocenters. The second-order valence-electron chi connectivity index (χ2n) is 5.72. The van der Waals surface area contributed by atoms with Crippen molar-refractivity contribution in [3.05, 3.63) is 48.2 Å². The number of β-amino-alcohol motifs (C(OH)–C–C–N with tert-alkyl or cyclic N) is 1. The van der Waals surface area contributed by atoms with Crippen molar-refractivity contribution in [1.82, 2.24) is 15.2 Å². The van der Waals surface area contributed by atoms with Gasteiger partial charge < -0.3 is 20.3 Å². The van der Waals surface area contributed by atoms with Crippen LogP contribution in [0.25, 0.3) is 11.3 Å². The van der Waals surface area contributed by atoms with Gasteiger partial charge in [0.15, 0.2) is 0 Å². The highest BCUT2D eigenvalue weighted by atomic mass is 35.5. The second kappa shape index (κ2) is 7.64. The topological polar surface area (TPSA) is 66.3 Å². The van der Waals surface area contributed by atoms with Gasteiger partial charge in [-0.2, -0.15) is 0 Å². The van der Waals surface area contributed by atoms with Crippen LogP contribution in [0.5, 0.6) is 0 Å². The van der Waals surface area contributed by atoms with E-state index in [0.717, 1.165) is 17.8 Å². The molecule has 0 aliphatic carbocycles. The van der Waals surface area contributed by atoms with E-state index in [2.05, 4.69) is 10.6 Å². The molecule has 5 nitrogen and oxygen atoms in total. The lowest BCUT2D eigenvalue weighted by atomic mass is 10.1. The van der Waals surface area contributed by atoms with Crippen molar-refractivity contribution in [2.24, 2.45) is 13.0 Å². The molecule has 6 heteroatoms. The van der Waals surface area contributed by atoms with Gasteiger partial charge in [-0.15, -0.1) is 12.4 Å². The van der Waals surface area contributed by atoms with Gasteiger partial charge in [-0.25, -0.2) is 0 Å². The van der Waals surface area contributed by atoms with Crippen molar-refractivity contribution in [2.75, 3.05) is 19.6 Å². The van der Waals surface area contributed by atoms with E-state index in [1.54, 1.807) is 0 Å². The predicted molar refractivity (Wildman–Crippen MR) is 92.8 cm³/mol. The van der Waals surface area contributed by atoms with Crippen LogP contribution in [0.3, 0.4) is 0 Å². The smallest absolute Gasteiger partial charge is 0.267 e. The van der Waals surface area contributed by atoms with Crippen LogP contribution < -0.4 is 10.6 Å². The largest absolute Gasteiger partial charge is 0.391 e. The van der Waals surface area contributed by atoms with Crippen LogP contribution in [-0.2, 0) is 7.05 Å². The fraction of sp³-hybridized carbons (Fsp3) is 0.353. The average molecular weight is 336 g/mol. The monoisotopic (exact) mass is 335 g/mol. The Labute approximate surface area is 142 Å². The summed E-state index contributed by atoms with van der Waals surface area (Å²) in [5.74, 6) is -0.0263. The van der Waals surface area contributed by atoms with E-state index in [4.69, 9.17) is 0 Å². The maximum atomic E-state index is 12.3. The first-order valence-electron chi connectivity index (χ1n) is 7.55. The van der Waals surface area contributed by atoms with Crippen LogP contribution in [0.1, 0.15) is 10.5 Å². The minimum absolute atomic E-state index is 0. The SMILES string of the molecule is Cl.Cn1c(C(=O)NCC2CNCC2O)ccc1-c1ccccc1. The number of aromatic nitrogens is 1. The molecular weight excluding hydrogens is 314 g/mol. The molecule has 1 amide bonds. The molecule has 0 bridgehead atoms. The summed E-state index contributed by atoms with van der Waals surface area (Å²) >= 11 is 0. The summed E-state index contributed by atoms with van der Waals surface area (Å²) < 4.78 is 1.90. The molecule has 2 atom stereocenters. The number of halogens is 1. The molecule has 2 aromatic rings. The lowest BCUT2D eigenvalue weighted by Gasteiger charge is -2.14. The normalized spacial score (nSPS) is 20.1. The Kier molecular flexibility index (Phi) is 5.82. The average Bonchev–Trinajstić information content (AvgIpc) is 3.12. The van der Waals surface area contributed by atoms with Crippen LogP contribution in [0.15, 0.2) is 42.5 Å². The van der Waals surface area contributed by atoms with E-state index in [9.17, 15) is 9.90 Å². The maximum Gasteiger partial charge on any atom is 0.267 e. The van der Waals surface area contributed by atoms with Crippen molar-refractivity contribution in [3.8, 4) is 11.3 Å². The van der Waals surface area contributed by atoms with E-state index in [1.165, 1.54) is 0 Å². The van der Waals surface area contributed by atoms with Crippen LogP contribution in [0.2, 0.25) is 0 Å². The Hall–Kier alpha value is -1.82. The molecule has 0 spiro atoms. The summed E-state index contributed by atoms with van der Waals surface area (Å²) in [5, 5.41) is 15.8. The second-order valence-corrected chi connectivity index (χ2v) is 5.72. The van der Waals surface area contributed by atoms with E-state index < -0.39 is 0 Å². The van der Waals surface area contributed by atoms with Crippen molar-refractivity contribution in [2.45, 2.75) is 6.10 Å². The van der Waals surface area contributed by atoms with Crippen molar-refractivity contribution >= 4 is 18.3 Å². The van der Waals surface area contributed by atoms with Gasteiger partial charge in [-0.3, -0.25) is 4.79 Å². The Morgan fingerprint density at radius 1 is 1.26 bits per heavy atom. The number of rotatable bonds is 4. The molecule has 1 aliphatic rings. The van der Waals surface area contributed by atoms with Gasteiger partial charge in [0.05, 0.1) is 6.10 Å². The van der Waals surface area contributed by atoms with Crippen LogP contribution in [0.4, 0.5) is 0 Å². The highest BCUT2D eigenvalue weighted by Crippen LogP contribution is 2.21. The van der Waals surface area contributed by atoms with Crippen LogP contribution in [0, 0.1) is 5.92 Å². The van der Waals surface area contributed by atoms with Gasteiger partial charge in [0.2, 0.25) is 0 Å². The zero-order chi connectivity index (χ0) is 15.5. The Balaban J connectivity index is 0.00000192. The van der Waals surface area contributed by atoms with Gasteiger partial charge in [-0.1, -0.05) is 30.3 Å². The number of carbonyl (C=O) groups excluding carboxylic acids is 1. The highest BCUT2D eigenvalue weighted by molar-refractivity contribution is 5.93. The van der Waals surface area contributed by atoms with E-state index in [0.29, 0.717) is 18.8 Å². The third-order valence-corrected chi connectivity index (χ3v) is 4.25. The number of benzene rings is 1. The fourth-order valence-corrected chi connectivity index (χ4v) is 2.88. The van der Waals surface area contributed by atoms with E-state index in [-0.39, 0.29) is 30.3 Å². The number of nitrogens with zero attached hydrogens (tertiary/aromatic N) is 1. The van der Waals surface area contributed by atoms with Gasteiger partial charge in [0.25, 0.3) is 5.91 Å². The molecule has 1 fully saturated rings. The Bertz CT molecular complexity index is 657. The number of carbonyl (C=O) groups is 1. The fourth-order valence-electron chi connectivity index (χ4n) is 2.88. The first-order chi connectivity index (χ1) is 10.7. The quantitative estimate of drug-likeness (QED) is 0.791. The van der Waals surface area contributed by atoms with Gasteiger partial charge >= 0.3 is 0 Å². The lowest BCUT2D eigenvalue weighted by Crippen LogP contribution is -2.35. The zero-order valence-electron chi connectivity index (χ0n) is 13.0. The number of aliphatic hydroxyl groups is 1. The minimum Gasteiger partial charge on any atom is -0.391 e. The summed E-state index contributed by atoms with van der Waals surface area (Å²) in [6, 6.07) is 13.8. The molecule has 3 N–H and O–H groups in total. The molecule has 0 saturated carbocycles. The number of aliphatic hydroxyl groups excluding tert-OH is 1. The molecule has 1 aromatic heterocycles. The molecular formula is C17H22ClN3O2. The third kappa shape index (κ3) is 3.75. The summed E-state index contributed by atoms with van der Waals surface area (Å²) in [4.78, 5) is 12.3. The molecule has 2 heterocycles. The number of hydrogen-bond donors (Lipinski definition) is 3. The summed E-state index contributed by atoms with van der Waals surface area (Å²) in [7, 11) is 1.89. The first-order valence-corrected chi connectivity index (χ1v) is 7.55. The molecule has 1 aromatic carbocycles. The Morgan fingerprint density at radius 3 is 2.65 bits per heavy atom. The molecule has 1 aliphatic heterocycles. The third-order valence-electron chi connectivity index (χ3n) is 4.25. The van der Waals surface area contributed by atoms with Crippen molar-refractivity contribution < 1.29 is 9.90 Å². The van der Waals surface area contributed by atoms with E-state index >= 15 is 0 Å². The van der Waals surface area contributed by atoms with Gasteiger partial charge in [-0.05, 0) is 17.7 Å². The molecule has 3 rings (SSSR count). The summed E-state index contributed by atoms with van der Waals surface area (Å²) in [5.41, 5.74) is 2.71. The summed E-state index contributed by atoms with van der Waals surface area (Å²) in [6.07, 6.45) is -0.381. The molecule has 124 valence electrons. The van der Waals surface area contributed by atoms with Gasteiger partial charge in [0, 0.05) is 38.3 Å². The van der Waals surface area contributed by atoms with Crippen molar-refractivity contribution in [3.63, 3.8) is 0 Å². The Morgan fingerprint density at radius 2 is 2.00 bits per heavy atom. The minimum atomic E-state index is -0.381. The standard InChI is InChI=1S/C17H21N3O2.ClH/c1-20-14(12-5-3-2-4-6-12)7-8-15(20)17(22)19-10-13-9-18-11-16(13)21;/h2-8,13,16,18,21H,9-11H2,1H3,(H,19,22);1H. The number of hydrogen-bond acceptors (Lipinski definition) is 3. The number of nitrogens with one attached hydrogen (secondary N) is 2.